The van der Waals surface area contributed by atoms with Gasteiger partial charge in [0.15, 0.2) is 0 Å². The lowest BCUT2D eigenvalue weighted by atomic mass is 9.98. The number of benzene rings is 2. The summed E-state index contributed by atoms with van der Waals surface area (Å²) in [7, 11) is 0. The Hall–Kier alpha value is -3.39. The summed E-state index contributed by atoms with van der Waals surface area (Å²) in [5.41, 5.74) is 0.343. The van der Waals surface area contributed by atoms with Crippen LogP contribution in [0.3, 0.4) is 0 Å². The van der Waals surface area contributed by atoms with E-state index in [1.54, 1.807) is 30.3 Å². The lowest BCUT2D eigenvalue weighted by molar-refractivity contribution is -0.137. The van der Waals surface area contributed by atoms with Gasteiger partial charge in [-0.05, 0) is 36.2 Å². The molecule has 1 atom stereocenters. The third-order valence-electron chi connectivity index (χ3n) is 4.43. The molecule has 1 heterocycles. The summed E-state index contributed by atoms with van der Waals surface area (Å²) in [6.07, 6.45) is -0.453. The van der Waals surface area contributed by atoms with Crippen molar-refractivity contribution in [3.8, 4) is 5.69 Å². The van der Waals surface area contributed by atoms with E-state index in [9.17, 15) is 23.9 Å². The maximum Gasteiger partial charge on any atom is 0.305 e. The van der Waals surface area contributed by atoms with Crippen LogP contribution in [-0.4, -0.2) is 26.8 Å². The molecule has 3 aromatic rings. The van der Waals surface area contributed by atoms with Crippen molar-refractivity contribution in [2.24, 2.45) is 0 Å². The van der Waals surface area contributed by atoms with Crippen LogP contribution in [0.1, 0.15) is 34.1 Å². The molecule has 0 aliphatic heterocycles. The Labute approximate surface area is 169 Å². The smallest absolute Gasteiger partial charge is 0.305 e. The molecule has 1 aromatic heterocycles. The summed E-state index contributed by atoms with van der Waals surface area (Å²) in [6.45, 7) is 1.50. The molecule has 3 rings (SSSR count). The van der Waals surface area contributed by atoms with Crippen molar-refractivity contribution in [3.05, 3.63) is 86.5 Å². The van der Waals surface area contributed by atoms with E-state index in [1.165, 1.54) is 19.1 Å². The zero-order valence-electron chi connectivity index (χ0n) is 15.3. The number of para-hydroxylation sites is 1. The van der Waals surface area contributed by atoms with Gasteiger partial charge in [-0.3, -0.25) is 19.5 Å². The summed E-state index contributed by atoms with van der Waals surface area (Å²) in [4.78, 5) is 36.2. The van der Waals surface area contributed by atoms with Gasteiger partial charge >= 0.3 is 5.97 Å². The minimum Gasteiger partial charge on any atom is -0.481 e. The molecule has 0 saturated carbocycles. The third-order valence-corrected chi connectivity index (χ3v) is 4.75. The number of aliphatic carboxylic acids is 1. The second-order valence-electron chi connectivity index (χ2n) is 6.37. The number of carboxylic acid groups (broad SMARTS) is 1. The number of nitrogens with zero attached hydrogens (tertiary/aromatic N) is 1. The molecule has 150 valence electrons. The lowest BCUT2D eigenvalue weighted by Gasteiger charge is -2.19. The quantitative estimate of drug-likeness (QED) is 0.572. The van der Waals surface area contributed by atoms with Crippen molar-refractivity contribution < 1.29 is 19.1 Å². The molecule has 0 radical (unpaired) electrons. The highest BCUT2D eigenvalue weighted by Gasteiger charge is 2.23. The van der Waals surface area contributed by atoms with Crippen molar-refractivity contribution in [3.63, 3.8) is 0 Å². The number of aromatic nitrogens is 2. The second-order valence-corrected chi connectivity index (χ2v) is 6.78. The molecule has 0 bridgehead atoms. The molecule has 3 N–H and O–H groups in total. The second kappa shape index (κ2) is 8.32. The van der Waals surface area contributed by atoms with Gasteiger partial charge in [0.1, 0.15) is 11.5 Å². The fraction of sp³-hybridized carbons (Fsp3) is 0.150. The first-order valence-corrected chi connectivity index (χ1v) is 9.00. The van der Waals surface area contributed by atoms with Crippen molar-refractivity contribution in [1.82, 2.24) is 15.1 Å². The summed E-state index contributed by atoms with van der Waals surface area (Å²) in [5.74, 6) is -2.38. The van der Waals surface area contributed by atoms with E-state index in [1.807, 2.05) is 0 Å². The number of nitrogens with one attached hydrogen (secondary N) is 2. The highest BCUT2D eigenvalue weighted by Crippen LogP contribution is 2.23. The predicted octanol–water partition coefficient (Wildman–Crippen LogP) is 3.21. The van der Waals surface area contributed by atoms with Crippen LogP contribution < -0.4 is 10.9 Å². The van der Waals surface area contributed by atoms with Crippen LogP contribution in [0.5, 0.6) is 0 Å². The normalized spacial score (nSPS) is 11.8. The molecule has 7 nitrogen and oxygen atoms in total. The first-order chi connectivity index (χ1) is 13.8. The number of H-pyrrole nitrogens is 1. The Bertz CT molecular complexity index is 1140. The molecule has 2 aromatic carbocycles. The summed E-state index contributed by atoms with van der Waals surface area (Å²) < 4.78 is 15.0. The molecular weight excluding hydrogens is 401 g/mol. The number of amides is 1. The molecule has 0 fully saturated rings. The number of carbonyl (C=O) groups is 2. The van der Waals surface area contributed by atoms with E-state index in [0.29, 0.717) is 16.3 Å². The Morgan fingerprint density at radius 2 is 1.97 bits per heavy atom. The van der Waals surface area contributed by atoms with E-state index in [4.69, 9.17) is 11.6 Å². The van der Waals surface area contributed by atoms with E-state index >= 15 is 0 Å². The van der Waals surface area contributed by atoms with Crippen LogP contribution in [-0.2, 0) is 4.79 Å². The van der Waals surface area contributed by atoms with Gasteiger partial charge in [-0.15, -0.1) is 0 Å². The van der Waals surface area contributed by atoms with Crippen molar-refractivity contribution in [2.75, 3.05) is 0 Å². The van der Waals surface area contributed by atoms with Crippen LogP contribution in [0.4, 0.5) is 4.39 Å². The number of rotatable bonds is 6. The molecule has 1 unspecified atom stereocenters. The highest BCUT2D eigenvalue weighted by molar-refractivity contribution is 6.32. The van der Waals surface area contributed by atoms with Gasteiger partial charge in [0.25, 0.3) is 11.5 Å². The zero-order chi connectivity index (χ0) is 21.1. The summed E-state index contributed by atoms with van der Waals surface area (Å²) in [6, 6.07) is 10.9. The van der Waals surface area contributed by atoms with Crippen LogP contribution in [0.25, 0.3) is 5.69 Å². The minimum absolute atomic E-state index is 0.0839. The van der Waals surface area contributed by atoms with Gasteiger partial charge in [0.05, 0.1) is 23.2 Å². The molecule has 29 heavy (non-hydrogen) atoms. The highest BCUT2D eigenvalue weighted by atomic mass is 35.5. The number of hydrogen-bond acceptors (Lipinski definition) is 3. The van der Waals surface area contributed by atoms with Gasteiger partial charge in [-0.2, -0.15) is 0 Å². The van der Waals surface area contributed by atoms with Crippen LogP contribution >= 0.6 is 11.6 Å². The van der Waals surface area contributed by atoms with Crippen molar-refractivity contribution >= 4 is 23.5 Å². The van der Waals surface area contributed by atoms with E-state index < -0.39 is 35.7 Å². The van der Waals surface area contributed by atoms with Gasteiger partial charge in [-0.1, -0.05) is 35.9 Å². The third kappa shape index (κ3) is 4.38. The lowest BCUT2D eigenvalue weighted by Crippen LogP contribution is -2.31. The Morgan fingerprint density at radius 1 is 1.24 bits per heavy atom. The molecule has 0 aliphatic rings. The number of hydrogen-bond donors (Lipinski definition) is 3. The molecule has 1 amide bonds. The molecule has 0 spiro atoms. The average molecular weight is 418 g/mol. The maximum absolute atomic E-state index is 13.9. The monoisotopic (exact) mass is 417 g/mol. The van der Waals surface area contributed by atoms with E-state index in [0.717, 1.165) is 10.7 Å². The SMILES string of the molecule is Cc1c(F)cccc1C(CC(=O)O)NC(=O)c1cc(=O)n(-c2ccccc2Cl)[nH]1. The Balaban J connectivity index is 1.92. The van der Waals surface area contributed by atoms with Crippen molar-refractivity contribution in [2.45, 2.75) is 19.4 Å². The van der Waals surface area contributed by atoms with Gasteiger partial charge in [0.2, 0.25) is 0 Å². The Morgan fingerprint density at radius 3 is 2.66 bits per heavy atom. The van der Waals surface area contributed by atoms with Gasteiger partial charge in [-0.25, -0.2) is 9.07 Å². The first-order valence-electron chi connectivity index (χ1n) is 8.62. The average Bonchev–Trinajstić information content (AvgIpc) is 3.05. The molecule has 9 heteroatoms. The fourth-order valence-electron chi connectivity index (χ4n) is 2.98. The van der Waals surface area contributed by atoms with Crippen LogP contribution in [0.15, 0.2) is 53.3 Å². The van der Waals surface area contributed by atoms with Crippen LogP contribution in [0, 0.1) is 12.7 Å². The van der Waals surface area contributed by atoms with E-state index in [2.05, 4.69) is 10.4 Å². The molecule has 0 aliphatic carbocycles. The molecule has 0 saturated heterocycles. The molecular formula is C20H17ClFN3O4. The largest absolute Gasteiger partial charge is 0.481 e. The minimum atomic E-state index is -1.17. The topological polar surface area (TPSA) is 104 Å². The number of carbonyl (C=O) groups excluding carboxylic acids is 1. The Kier molecular flexibility index (Phi) is 5.84. The van der Waals surface area contributed by atoms with Crippen LogP contribution in [0.2, 0.25) is 5.02 Å². The van der Waals surface area contributed by atoms with E-state index in [-0.39, 0.29) is 11.3 Å². The van der Waals surface area contributed by atoms with Gasteiger partial charge < -0.3 is 10.4 Å². The fourth-order valence-corrected chi connectivity index (χ4v) is 3.20. The number of aromatic amines is 1. The number of halogens is 2. The standard InChI is InChI=1S/C20H17ClFN3O4/c1-11-12(5-4-7-14(11)22)15(10-19(27)28)23-20(29)16-9-18(26)25(24-16)17-8-3-2-6-13(17)21/h2-9,15,24H,10H2,1H3,(H,23,29)(H,27,28). The maximum atomic E-state index is 13.9. The summed E-state index contributed by atoms with van der Waals surface area (Å²) in [5, 5.41) is 14.7. The predicted molar refractivity (Wildman–Crippen MR) is 105 cm³/mol. The zero-order valence-corrected chi connectivity index (χ0v) is 16.0. The van der Waals surface area contributed by atoms with Gasteiger partial charge in [0, 0.05) is 6.07 Å². The summed E-state index contributed by atoms with van der Waals surface area (Å²) >= 11 is 6.09. The first kappa shape index (κ1) is 20.3. The number of carboxylic acids is 1. The van der Waals surface area contributed by atoms with Crippen molar-refractivity contribution in [1.29, 1.82) is 0 Å².